The summed E-state index contributed by atoms with van der Waals surface area (Å²) in [7, 11) is 0. The molecule has 0 aliphatic carbocycles. The van der Waals surface area contributed by atoms with Gasteiger partial charge in [0.15, 0.2) is 0 Å². The summed E-state index contributed by atoms with van der Waals surface area (Å²) in [5, 5.41) is 0. The lowest BCUT2D eigenvalue weighted by molar-refractivity contribution is -0.136. The Hall–Kier alpha value is -1.92. The summed E-state index contributed by atoms with van der Waals surface area (Å²) in [4.78, 5) is 31.5. The molecule has 0 spiro atoms. The van der Waals surface area contributed by atoms with Crippen molar-refractivity contribution in [3.8, 4) is 0 Å². The van der Waals surface area contributed by atoms with E-state index in [-0.39, 0.29) is 11.8 Å². The predicted octanol–water partition coefficient (Wildman–Crippen LogP) is 1.93. The van der Waals surface area contributed by atoms with Gasteiger partial charge in [-0.2, -0.15) is 0 Å². The van der Waals surface area contributed by atoms with E-state index in [0.717, 1.165) is 64.1 Å². The number of carbonyl (C=O) groups excluding carboxylic acids is 2. The number of fused-ring (bicyclic) bond motifs is 1. The lowest BCUT2D eigenvalue weighted by atomic mass is 9.93. The molecular formula is C22H31N3O3. The molecule has 2 saturated heterocycles. The molecule has 0 N–H and O–H groups in total. The van der Waals surface area contributed by atoms with Crippen molar-refractivity contribution >= 4 is 17.5 Å². The number of aryl methyl sites for hydroxylation is 1. The van der Waals surface area contributed by atoms with Crippen LogP contribution in [0.2, 0.25) is 0 Å². The van der Waals surface area contributed by atoms with E-state index in [0.29, 0.717) is 32.1 Å². The molecule has 3 aliphatic rings. The first-order valence-electron chi connectivity index (χ1n) is 10.7. The number of nitrogens with zero attached hydrogens (tertiary/aromatic N) is 3. The van der Waals surface area contributed by atoms with E-state index in [1.165, 1.54) is 5.56 Å². The molecule has 0 atom stereocenters. The molecule has 0 aromatic heterocycles. The zero-order valence-electron chi connectivity index (χ0n) is 16.6. The van der Waals surface area contributed by atoms with E-state index in [1.54, 1.807) is 0 Å². The highest BCUT2D eigenvalue weighted by molar-refractivity contribution is 5.96. The van der Waals surface area contributed by atoms with Crippen molar-refractivity contribution in [2.24, 2.45) is 5.92 Å². The Morgan fingerprint density at radius 2 is 1.71 bits per heavy atom. The van der Waals surface area contributed by atoms with Crippen LogP contribution in [0, 0.1) is 5.92 Å². The van der Waals surface area contributed by atoms with Crippen LogP contribution in [0.4, 0.5) is 5.69 Å². The zero-order valence-corrected chi connectivity index (χ0v) is 16.6. The maximum absolute atomic E-state index is 12.9. The number of likely N-dealkylation sites (tertiary alicyclic amines) is 1. The van der Waals surface area contributed by atoms with Gasteiger partial charge in [-0.05, 0) is 56.3 Å². The topological polar surface area (TPSA) is 53.1 Å². The van der Waals surface area contributed by atoms with Gasteiger partial charge in [-0.25, -0.2) is 0 Å². The van der Waals surface area contributed by atoms with E-state index in [2.05, 4.69) is 23.1 Å². The maximum atomic E-state index is 12.9. The van der Waals surface area contributed by atoms with Gasteiger partial charge in [-0.1, -0.05) is 18.2 Å². The van der Waals surface area contributed by atoms with Gasteiger partial charge in [0.25, 0.3) is 0 Å². The molecule has 0 unspecified atom stereocenters. The molecule has 0 saturated carbocycles. The summed E-state index contributed by atoms with van der Waals surface area (Å²) in [6.07, 6.45) is 4.73. The van der Waals surface area contributed by atoms with Crippen LogP contribution in [-0.4, -0.2) is 74.1 Å². The molecule has 2 fully saturated rings. The van der Waals surface area contributed by atoms with E-state index >= 15 is 0 Å². The van der Waals surface area contributed by atoms with Crippen LogP contribution < -0.4 is 4.90 Å². The summed E-state index contributed by atoms with van der Waals surface area (Å²) in [5.74, 6) is 0.912. The normalized spacial score (nSPS) is 21.4. The lowest BCUT2D eigenvalue weighted by Gasteiger charge is -2.35. The minimum Gasteiger partial charge on any atom is -0.378 e. The molecule has 6 heteroatoms. The maximum Gasteiger partial charge on any atom is 0.241 e. The minimum atomic E-state index is 0.204. The van der Waals surface area contributed by atoms with Gasteiger partial charge in [0.1, 0.15) is 0 Å². The Morgan fingerprint density at radius 1 is 0.964 bits per heavy atom. The molecule has 6 nitrogen and oxygen atoms in total. The second-order valence-electron chi connectivity index (χ2n) is 8.19. The third kappa shape index (κ3) is 4.55. The highest BCUT2D eigenvalue weighted by Crippen LogP contribution is 2.27. The van der Waals surface area contributed by atoms with Crippen LogP contribution in [-0.2, 0) is 20.7 Å². The zero-order chi connectivity index (χ0) is 19.3. The standard InChI is InChI=1S/C22H31N3O3/c26-21(24-12-14-28-15-13-24)16-18-7-10-23(11-8-18)17-22(27)25-9-3-5-19-4-1-2-6-20(19)25/h1-2,4,6,18H,3,5,7-17H2. The van der Waals surface area contributed by atoms with Crippen molar-refractivity contribution in [2.75, 3.05) is 57.4 Å². The van der Waals surface area contributed by atoms with Gasteiger partial charge >= 0.3 is 0 Å². The Balaban J connectivity index is 1.24. The Labute approximate surface area is 167 Å². The average molecular weight is 386 g/mol. The Bertz CT molecular complexity index is 694. The van der Waals surface area contributed by atoms with Gasteiger partial charge < -0.3 is 14.5 Å². The first-order chi connectivity index (χ1) is 13.7. The van der Waals surface area contributed by atoms with Crippen LogP contribution in [0.5, 0.6) is 0 Å². The van der Waals surface area contributed by atoms with E-state index in [1.807, 2.05) is 15.9 Å². The van der Waals surface area contributed by atoms with E-state index < -0.39 is 0 Å². The largest absolute Gasteiger partial charge is 0.378 e. The van der Waals surface area contributed by atoms with Gasteiger partial charge in [-0.3, -0.25) is 14.5 Å². The van der Waals surface area contributed by atoms with Crippen LogP contribution in [0.1, 0.15) is 31.2 Å². The second kappa shape index (κ2) is 9.05. The van der Waals surface area contributed by atoms with Crippen molar-refractivity contribution in [3.05, 3.63) is 29.8 Å². The van der Waals surface area contributed by atoms with Gasteiger partial charge in [-0.15, -0.1) is 0 Å². The molecule has 4 rings (SSSR count). The number of morpholine rings is 1. The van der Waals surface area contributed by atoms with Crippen LogP contribution in [0.3, 0.4) is 0 Å². The lowest BCUT2D eigenvalue weighted by Crippen LogP contribution is -2.46. The predicted molar refractivity (Wildman–Crippen MR) is 108 cm³/mol. The molecule has 2 amide bonds. The van der Waals surface area contributed by atoms with Crippen LogP contribution in [0.15, 0.2) is 24.3 Å². The fourth-order valence-corrected chi connectivity index (χ4v) is 4.61. The fourth-order valence-electron chi connectivity index (χ4n) is 4.61. The number of anilines is 1. The van der Waals surface area contributed by atoms with Crippen LogP contribution in [0.25, 0.3) is 0 Å². The summed E-state index contributed by atoms with van der Waals surface area (Å²) in [6.45, 7) is 5.88. The van der Waals surface area contributed by atoms with E-state index in [9.17, 15) is 9.59 Å². The molecule has 152 valence electrons. The van der Waals surface area contributed by atoms with Crippen LogP contribution >= 0.6 is 0 Å². The number of amides is 2. The smallest absolute Gasteiger partial charge is 0.241 e. The molecular weight excluding hydrogens is 354 g/mol. The summed E-state index contributed by atoms with van der Waals surface area (Å²) < 4.78 is 5.33. The first kappa shape index (κ1) is 19.4. The highest BCUT2D eigenvalue weighted by Gasteiger charge is 2.28. The molecule has 0 radical (unpaired) electrons. The summed E-state index contributed by atoms with van der Waals surface area (Å²) >= 11 is 0. The number of rotatable bonds is 4. The molecule has 1 aromatic rings. The number of hydrogen-bond donors (Lipinski definition) is 0. The van der Waals surface area contributed by atoms with Crippen molar-refractivity contribution in [1.29, 1.82) is 0 Å². The summed E-state index contributed by atoms with van der Waals surface area (Å²) in [5.41, 5.74) is 2.37. The van der Waals surface area contributed by atoms with E-state index in [4.69, 9.17) is 4.74 Å². The number of carbonyl (C=O) groups is 2. The van der Waals surface area contributed by atoms with Crippen molar-refractivity contribution in [3.63, 3.8) is 0 Å². The first-order valence-corrected chi connectivity index (χ1v) is 10.7. The monoisotopic (exact) mass is 385 g/mol. The number of benzene rings is 1. The number of piperidine rings is 1. The quantitative estimate of drug-likeness (QED) is 0.795. The Kier molecular flexibility index (Phi) is 6.27. The molecule has 3 heterocycles. The molecule has 1 aromatic carbocycles. The SMILES string of the molecule is O=C(CC1CCN(CC(=O)N2CCCc3ccccc32)CC1)N1CCOCC1. The molecule has 0 bridgehead atoms. The van der Waals surface area contributed by atoms with Crippen molar-refractivity contribution in [2.45, 2.75) is 32.1 Å². The summed E-state index contributed by atoms with van der Waals surface area (Å²) in [6, 6.07) is 8.26. The molecule has 28 heavy (non-hydrogen) atoms. The van der Waals surface area contributed by atoms with Gasteiger partial charge in [0.2, 0.25) is 11.8 Å². The Morgan fingerprint density at radius 3 is 2.50 bits per heavy atom. The van der Waals surface area contributed by atoms with Crippen molar-refractivity contribution < 1.29 is 14.3 Å². The second-order valence-corrected chi connectivity index (χ2v) is 8.19. The highest BCUT2D eigenvalue weighted by atomic mass is 16.5. The van der Waals surface area contributed by atoms with Crippen molar-refractivity contribution in [1.82, 2.24) is 9.80 Å². The molecule has 3 aliphatic heterocycles. The average Bonchev–Trinajstić information content (AvgIpc) is 2.75. The number of ether oxygens (including phenoxy) is 1. The fraction of sp³-hybridized carbons (Fsp3) is 0.636. The minimum absolute atomic E-state index is 0.204. The third-order valence-corrected chi connectivity index (χ3v) is 6.30. The van der Waals surface area contributed by atoms with Gasteiger partial charge in [0, 0.05) is 31.7 Å². The third-order valence-electron chi connectivity index (χ3n) is 6.30. The van der Waals surface area contributed by atoms with Gasteiger partial charge in [0.05, 0.1) is 19.8 Å². The number of hydrogen-bond acceptors (Lipinski definition) is 4. The number of para-hydroxylation sites is 1.